The Morgan fingerprint density at radius 1 is 1.37 bits per heavy atom. The first-order valence-corrected chi connectivity index (χ1v) is 9.04. The zero-order valence-corrected chi connectivity index (χ0v) is 13.2. The maximum atomic E-state index is 12.2. The standard InChI is InChI=1S/C13H22N2O2S2/c1-3-6-13(7-8-13)10-15-19(16,17)12-5-4-11(18-12)9-14-2/h4-5,14-15H,3,6-10H2,1-2H3. The van der Waals surface area contributed by atoms with Gasteiger partial charge in [-0.1, -0.05) is 13.3 Å². The van der Waals surface area contributed by atoms with Crippen LogP contribution in [-0.4, -0.2) is 22.0 Å². The fourth-order valence-electron chi connectivity index (χ4n) is 2.31. The summed E-state index contributed by atoms with van der Waals surface area (Å²) in [7, 11) is -1.47. The molecule has 2 N–H and O–H groups in total. The van der Waals surface area contributed by atoms with E-state index in [9.17, 15) is 8.42 Å². The topological polar surface area (TPSA) is 58.2 Å². The van der Waals surface area contributed by atoms with E-state index < -0.39 is 10.0 Å². The molecule has 0 radical (unpaired) electrons. The van der Waals surface area contributed by atoms with E-state index in [4.69, 9.17) is 0 Å². The van der Waals surface area contributed by atoms with E-state index in [1.807, 2.05) is 13.1 Å². The highest BCUT2D eigenvalue weighted by molar-refractivity contribution is 7.91. The SMILES string of the molecule is CCCC1(CNS(=O)(=O)c2ccc(CNC)s2)CC1. The predicted molar refractivity (Wildman–Crippen MR) is 78.8 cm³/mol. The van der Waals surface area contributed by atoms with Crippen LogP contribution >= 0.6 is 11.3 Å². The third kappa shape index (κ3) is 3.78. The summed E-state index contributed by atoms with van der Waals surface area (Å²) in [5.41, 5.74) is 0.243. The maximum absolute atomic E-state index is 12.2. The van der Waals surface area contributed by atoms with Crippen LogP contribution in [0, 0.1) is 5.41 Å². The first kappa shape index (κ1) is 15.0. The fraction of sp³-hybridized carbons (Fsp3) is 0.692. The van der Waals surface area contributed by atoms with Gasteiger partial charge in [-0.3, -0.25) is 0 Å². The van der Waals surface area contributed by atoms with E-state index in [0.717, 1.165) is 30.6 Å². The molecule has 0 unspecified atom stereocenters. The van der Waals surface area contributed by atoms with Gasteiger partial charge in [0.25, 0.3) is 0 Å². The number of sulfonamides is 1. The highest BCUT2D eigenvalue weighted by Crippen LogP contribution is 2.49. The number of rotatable bonds is 8. The lowest BCUT2D eigenvalue weighted by Gasteiger charge is -2.14. The van der Waals surface area contributed by atoms with Gasteiger partial charge in [-0.2, -0.15) is 0 Å². The Labute approximate surface area is 119 Å². The molecule has 1 fully saturated rings. The quantitative estimate of drug-likeness (QED) is 0.775. The van der Waals surface area contributed by atoms with Crippen molar-refractivity contribution in [3.05, 3.63) is 17.0 Å². The molecule has 0 saturated heterocycles. The van der Waals surface area contributed by atoms with E-state index in [-0.39, 0.29) is 5.41 Å². The summed E-state index contributed by atoms with van der Waals surface area (Å²) in [4.78, 5) is 1.04. The number of nitrogens with one attached hydrogen (secondary N) is 2. The maximum Gasteiger partial charge on any atom is 0.250 e. The van der Waals surface area contributed by atoms with Gasteiger partial charge in [0.05, 0.1) is 0 Å². The second-order valence-corrected chi connectivity index (χ2v) is 8.49. The number of hydrogen-bond donors (Lipinski definition) is 2. The van der Waals surface area contributed by atoms with Gasteiger partial charge in [0.2, 0.25) is 10.0 Å². The molecular formula is C13H22N2O2S2. The Bertz CT molecular complexity index is 519. The van der Waals surface area contributed by atoms with E-state index in [1.165, 1.54) is 11.3 Å². The average Bonchev–Trinajstić information content (AvgIpc) is 2.96. The monoisotopic (exact) mass is 302 g/mol. The molecule has 1 aromatic rings. The van der Waals surface area contributed by atoms with Crippen LogP contribution in [0.4, 0.5) is 0 Å². The molecule has 0 amide bonds. The highest BCUT2D eigenvalue weighted by atomic mass is 32.2. The van der Waals surface area contributed by atoms with Gasteiger partial charge in [-0.05, 0) is 43.9 Å². The minimum absolute atomic E-state index is 0.243. The zero-order valence-electron chi connectivity index (χ0n) is 11.5. The molecule has 2 rings (SSSR count). The lowest BCUT2D eigenvalue weighted by atomic mass is 10.0. The van der Waals surface area contributed by atoms with Gasteiger partial charge in [-0.15, -0.1) is 11.3 Å². The Kier molecular flexibility index (Phi) is 4.66. The Balaban J connectivity index is 1.97. The van der Waals surface area contributed by atoms with Crippen LogP contribution in [0.25, 0.3) is 0 Å². The summed E-state index contributed by atoms with van der Waals surface area (Å²) in [5, 5.41) is 3.03. The zero-order chi connectivity index (χ0) is 13.9. The van der Waals surface area contributed by atoms with Crippen LogP contribution in [-0.2, 0) is 16.6 Å². The van der Waals surface area contributed by atoms with E-state index in [1.54, 1.807) is 6.07 Å². The lowest BCUT2D eigenvalue weighted by molar-refractivity contribution is 0.449. The van der Waals surface area contributed by atoms with Crippen molar-refractivity contribution in [3.8, 4) is 0 Å². The highest BCUT2D eigenvalue weighted by Gasteiger charge is 2.42. The van der Waals surface area contributed by atoms with Crippen LogP contribution in [0.2, 0.25) is 0 Å². The third-order valence-electron chi connectivity index (χ3n) is 3.63. The Morgan fingerprint density at radius 3 is 2.68 bits per heavy atom. The molecule has 0 spiro atoms. The second kappa shape index (κ2) is 5.91. The van der Waals surface area contributed by atoms with Crippen molar-refractivity contribution in [1.29, 1.82) is 0 Å². The molecule has 0 aliphatic heterocycles. The minimum Gasteiger partial charge on any atom is -0.315 e. The molecule has 1 aliphatic rings. The van der Waals surface area contributed by atoms with Crippen molar-refractivity contribution in [2.75, 3.05) is 13.6 Å². The van der Waals surface area contributed by atoms with Gasteiger partial charge in [0, 0.05) is 18.0 Å². The molecule has 108 valence electrons. The van der Waals surface area contributed by atoms with Crippen molar-refractivity contribution in [2.24, 2.45) is 5.41 Å². The molecule has 1 heterocycles. The Morgan fingerprint density at radius 2 is 2.11 bits per heavy atom. The molecule has 6 heteroatoms. The molecule has 1 aliphatic carbocycles. The van der Waals surface area contributed by atoms with Crippen LogP contribution in [0.15, 0.2) is 16.3 Å². The average molecular weight is 302 g/mol. The van der Waals surface area contributed by atoms with Crippen LogP contribution in [0.3, 0.4) is 0 Å². The van der Waals surface area contributed by atoms with Crippen LogP contribution < -0.4 is 10.0 Å². The van der Waals surface area contributed by atoms with Gasteiger partial charge in [0.1, 0.15) is 4.21 Å². The summed E-state index contributed by atoms with van der Waals surface area (Å²) in [6.07, 6.45) is 4.54. The lowest BCUT2D eigenvalue weighted by Crippen LogP contribution is -2.29. The van der Waals surface area contributed by atoms with E-state index >= 15 is 0 Å². The second-order valence-electron chi connectivity index (χ2n) is 5.33. The molecule has 1 aromatic heterocycles. The summed E-state index contributed by atoms with van der Waals surface area (Å²) in [6, 6.07) is 3.56. The molecule has 19 heavy (non-hydrogen) atoms. The van der Waals surface area contributed by atoms with Crippen LogP contribution in [0.5, 0.6) is 0 Å². The van der Waals surface area contributed by atoms with Gasteiger partial charge < -0.3 is 5.32 Å². The molecule has 0 aromatic carbocycles. The van der Waals surface area contributed by atoms with E-state index in [2.05, 4.69) is 17.0 Å². The smallest absolute Gasteiger partial charge is 0.250 e. The van der Waals surface area contributed by atoms with Gasteiger partial charge in [0.15, 0.2) is 0 Å². The third-order valence-corrected chi connectivity index (χ3v) is 6.61. The molecule has 0 bridgehead atoms. The van der Waals surface area contributed by atoms with E-state index in [0.29, 0.717) is 17.3 Å². The summed E-state index contributed by atoms with van der Waals surface area (Å²) in [6.45, 7) is 3.44. The minimum atomic E-state index is -3.33. The first-order chi connectivity index (χ1) is 9.01. The molecule has 1 saturated carbocycles. The van der Waals surface area contributed by atoms with Gasteiger partial charge in [-0.25, -0.2) is 13.1 Å². The number of hydrogen-bond acceptors (Lipinski definition) is 4. The van der Waals surface area contributed by atoms with Crippen molar-refractivity contribution >= 4 is 21.4 Å². The van der Waals surface area contributed by atoms with Gasteiger partial charge >= 0.3 is 0 Å². The summed E-state index contributed by atoms with van der Waals surface area (Å²) >= 11 is 1.34. The van der Waals surface area contributed by atoms with Crippen molar-refractivity contribution in [2.45, 2.75) is 43.4 Å². The first-order valence-electron chi connectivity index (χ1n) is 6.74. The Hall–Kier alpha value is -0.430. The molecule has 0 atom stereocenters. The van der Waals surface area contributed by atoms with Crippen molar-refractivity contribution < 1.29 is 8.42 Å². The largest absolute Gasteiger partial charge is 0.315 e. The van der Waals surface area contributed by atoms with Crippen LogP contribution in [0.1, 0.15) is 37.5 Å². The summed E-state index contributed by atoms with van der Waals surface area (Å²) in [5.74, 6) is 0. The van der Waals surface area contributed by atoms with Crippen molar-refractivity contribution in [3.63, 3.8) is 0 Å². The fourth-order valence-corrected chi connectivity index (χ4v) is 4.88. The normalized spacial score (nSPS) is 17.6. The molecular weight excluding hydrogens is 280 g/mol. The predicted octanol–water partition coefficient (Wildman–Crippen LogP) is 2.33. The molecule has 4 nitrogen and oxygen atoms in total. The number of thiophene rings is 1. The van der Waals surface area contributed by atoms with Crippen molar-refractivity contribution in [1.82, 2.24) is 10.0 Å². The summed E-state index contributed by atoms with van der Waals surface area (Å²) < 4.78 is 27.6.